The van der Waals surface area contributed by atoms with Crippen LogP contribution < -0.4 is 10.6 Å². The lowest BCUT2D eigenvalue weighted by Gasteiger charge is -2.36. The second kappa shape index (κ2) is 7.48. The topological polar surface area (TPSA) is 50.4 Å². The Kier molecular flexibility index (Phi) is 7.21. The van der Waals surface area contributed by atoms with E-state index in [1.165, 1.54) is 0 Å². The first-order chi connectivity index (χ1) is 9.22. The predicted octanol–water partition coefficient (Wildman–Crippen LogP) is 3.95. The molecule has 0 aliphatic carbocycles. The third-order valence-corrected chi connectivity index (χ3v) is 2.93. The number of carbonyl (C=O) groups is 1. The molecular weight excluding hydrogens is 264 g/mol. The second-order valence-electron chi connectivity index (χ2n) is 8.93. The van der Waals surface area contributed by atoms with Crippen LogP contribution in [0.3, 0.4) is 0 Å². The fourth-order valence-corrected chi connectivity index (χ4v) is 2.17. The van der Waals surface area contributed by atoms with Crippen molar-refractivity contribution in [1.29, 1.82) is 0 Å². The molecule has 0 bridgehead atoms. The molecule has 2 N–H and O–H groups in total. The summed E-state index contributed by atoms with van der Waals surface area (Å²) >= 11 is 0. The molecule has 0 aromatic heterocycles. The summed E-state index contributed by atoms with van der Waals surface area (Å²) in [5.41, 5.74) is -0.375. The number of rotatable bonds is 6. The van der Waals surface area contributed by atoms with Crippen LogP contribution in [0.2, 0.25) is 0 Å². The summed E-state index contributed by atoms with van der Waals surface area (Å²) in [4.78, 5) is 11.8. The van der Waals surface area contributed by atoms with Crippen LogP contribution in [0, 0.1) is 11.3 Å². The maximum absolute atomic E-state index is 11.8. The van der Waals surface area contributed by atoms with Crippen LogP contribution in [-0.2, 0) is 4.74 Å². The Morgan fingerprint density at radius 2 is 1.52 bits per heavy atom. The van der Waals surface area contributed by atoms with Gasteiger partial charge in [-0.15, -0.1) is 0 Å². The molecule has 1 atom stereocenters. The van der Waals surface area contributed by atoms with Gasteiger partial charge in [-0.2, -0.15) is 0 Å². The Balaban J connectivity index is 4.58. The van der Waals surface area contributed by atoms with E-state index in [4.69, 9.17) is 4.74 Å². The molecule has 0 spiro atoms. The summed E-state index contributed by atoms with van der Waals surface area (Å²) in [5.74, 6) is 0.558. The van der Waals surface area contributed by atoms with Crippen molar-refractivity contribution >= 4 is 6.09 Å². The zero-order chi connectivity index (χ0) is 16.9. The Labute approximate surface area is 131 Å². The van der Waals surface area contributed by atoms with Gasteiger partial charge in [0.15, 0.2) is 0 Å². The highest BCUT2D eigenvalue weighted by atomic mass is 16.6. The number of nitrogens with one attached hydrogen (secondary N) is 2. The average molecular weight is 300 g/mol. The van der Waals surface area contributed by atoms with Gasteiger partial charge in [-0.1, -0.05) is 34.6 Å². The molecule has 1 unspecified atom stereocenters. The van der Waals surface area contributed by atoms with Gasteiger partial charge in [0, 0.05) is 18.6 Å². The molecule has 0 fully saturated rings. The van der Waals surface area contributed by atoms with E-state index in [0.29, 0.717) is 12.5 Å². The largest absolute Gasteiger partial charge is 0.444 e. The van der Waals surface area contributed by atoms with E-state index in [1.807, 2.05) is 20.8 Å². The fraction of sp³-hybridized carbons (Fsp3) is 0.941. The minimum absolute atomic E-state index is 0.127. The average Bonchev–Trinajstić information content (AvgIpc) is 2.20. The van der Waals surface area contributed by atoms with Crippen molar-refractivity contribution in [3.8, 4) is 0 Å². The van der Waals surface area contributed by atoms with E-state index in [1.54, 1.807) is 0 Å². The van der Waals surface area contributed by atoms with Crippen LogP contribution in [0.25, 0.3) is 0 Å². The fourth-order valence-electron chi connectivity index (χ4n) is 2.17. The lowest BCUT2D eigenvalue weighted by molar-refractivity contribution is 0.0506. The predicted molar refractivity (Wildman–Crippen MR) is 89.6 cm³/mol. The molecular formula is C17H36N2O2. The Hall–Kier alpha value is -0.770. The van der Waals surface area contributed by atoms with Crippen LogP contribution in [0.5, 0.6) is 0 Å². The van der Waals surface area contributed by atoms with Crippen molar-refractivity contribution in [3.05, 3.63) is 0 Å². The van der Waals surface area contributed by atoms with Crippen molar-refractivity contribution in [2.75, 3.05) is 13.1 Å². The molecule has 0 heterocycles. The van der Waals surface area contributed by atoms with Crippen molar-refractivity contribution in [2.24, 2.45) is 11.3 Å². The molecule has 0 aliphatic heterocycles. The first kappa shape index (κ1) is 20.2. The Bertz CT molecular complexity index is 327. The van der Waals surface area contributed by atoms with Gasteiger partial charge in [0.1, 0.15) is 5.60 Å². The number of ether oxygens (including phenoxy) is 1. The summed E-state index contributed by atoms with van der Waals surface area (Å²) in [6.45, 7) is 20.3. The SMILES string of the molecule is CC(C)CC(C)(CNC(=O)OC(C)(C)C)NCC(C)(C)C. The molecule has 0 radical (unpaired) electrons. The highest BCUT2D eigenvalue weighted by Gasteiger charge is 2.28. The van der Waals surface area contributed by atoms with E-state index in [-0.39, 0.29) is 17.0 Å². The van der Waals surface area contributed by atoms with E-state index in [0.717, 1.165) is 13.0 Å². The first-order valence-corrected chi connectivity index (χ1v) is 7.94. The number of hydrogen-bond donors (Lipinski definition) is 2. The minimum atomic E-state index is -0.461. The molecule has 21 heavy (non-hydrogen) atoms. The van der Waals surface area contributed by atoms with Crippen molar-refractivity contribution in [3.63, 3.8) is 0 Å². The molecule has 0 rings (SSSR count). The van der Waals surface area contributed by atoms with Crippen LogP contribution in [0.15, 0.2) is 0 Å². The monoisotopic (exact) mass is 300 g/mol. The maximum atomic E-state index is 11.8. The maximum Gasteiger partial charge on any atom is 0.407 e. The number of alkyl carbamates (subject to hydrolysis) is 1. The standard InChI is InChI=1S/C17H36N2O2/c1-13(2)10-17(9,19-11-15(3,4)5)12-18-14(20)21-16(6,7)8/h13,19H,10-12H2,1-9H3,(H,18,20). The van der Waals surface area contributed by atoms with Gasteiger partial charge in [0.25, 0.3) is 0 Å². The van der Waals surface area contributed by atoms with Crippen molar-refractivity contribution in [2.45, 2.75) is 79.9 Å². The lowest BCUT2D eigenvalue weighted by atomic mass is 9.88. The van der Waals surface area contributed by atoms with Gasteiger partial charge >= 0.3 is 6.09 Å². The molecule has 0 aromatic rings. The smallest absolute Gasteiger partial charge is 0.407 e. The summed E-state index contributed by atoms with van der Waals surface area (Å²) < 4.78 is 5.31. The molecule has 126 valence electrons. The van der Waals surface area contributed by atoms with Gasteiger partial charge < -0.3 is 15.4 Å². The number of carbonyl (C=O) groups excluding carboxylic acids is 1. The van der Waals surface area contributed by atoms with Crippen molar-refractivity contribution in [1.82, 2.24) is 10.6 Å². The highest BCUT2D eigenvalue weighted by molar-refractivity contribution is 5.67. The van der Waals surface area contributed by atoms with E-state index < -0.39 is 5.60 Å². The Morgan fingerprint density at radius 1 is 1.00 bits per heavy atom. The zero-order valence-electron chi connectivity index (χ0n) is 15.5. The molecule has 4 heteroatoms. The number of amides is 1. The van der Waals surface area contributed by atoms with Gasteiger partial charge in [-0.3, -0.25) is 0 Å². The molecule has 4 nitrogen and oxygen atoms in total. The molecule has 0 aliphatic rings. The Morgan fingerprint density at radius 3 is 1.90 bits per heavy atom. The third-order valence-electron chi connectivity index (χ3n) is 2.93. The minimum Gasteiger partial charge on any atom is -0.444 e. The molecule has 1 amide bonds. The first-order valence-electron chi connectivity index (χ1n) is 7.94. The highest BCUT2D eigenvalue weighted by Crippen LogP contribution is 2.19. The summed E-state index contributed by atoms with van der Waals surface area (Å²) in [5, 5.41) is 6.51. The third kappa shape index (κ3) is 11.6. The van der Waals surface area contributed by atoms with Crippen LogP contribution >= 0.6 is 0 Å². The molecule has 0 saturated heterocycles. The molecule has 0 saturated carbocycles. The van der Waals surface area contributed by atoms with Gasteiger partial charge in [0.05, 0.1) is 0 Å². The summed E-state index contributed by atoms with van der Waals surface area (Å²) in [6, 6.07) is 0. The van der Waals surface area contributed by atoms with Gasteiger partial charge in [-0.05, 0) is 45.4 Å². The van der Waals surface area contributed by atoms with E-state index in [2.05, 4.69) is 52.2 Å². The summed E-state index contributed by atoms with van der Waals surface area (Å²) in [7, 11) is 0. The number of hydrogen-bond acceptors (Lipinski definition) is 3. The van der Waals surface area contributed by atoms with Crippen LogP contribution in [-0.4, -0.2) is 30.3 Å². The quantitative estimate of drug-likeness (QED) is 0.781. The van der Waals surface area contributed by atoms with Crippen LogP contribution in [0.1, 0.15) is 68.7 Å². The van der Waals surface area contributed by atoms with Crippen molar-refractivity contribution < 1.29 is 9.53 Å². The zero-order valence-corrected chi connectivity index (χ0v) is 15.5. The van der Waals surface area contributed by atoms with Crippen LogP contribution in [0.4, 0.5) is 4.79 Å². The van der Waals surface area contributed by atoms with Gasteiger partial charge in [-0.25, -0.2) is 4.79 Å². The van der Waals surface area contributed by atoms with Gasteiger partial charge in [0.2, 0.25) is 0 Å². The normalized spacial score (nSPS) is 15.7. The second-order valence-corrected chi connectivity index (χ2v) is 8.93. The molecule has 0 aromatic carbocycles. The van der Waals surface area contributed by atoms with E-state index >= 15 is 0 Å². The van der Waals surface area contributed by atoms with E-state index in [9.17, 15) is 4.79 Å². The lowest BCUT2D eigenvalue weighted by Crippen LogP contribution is -2.54. The summed E-state index contributed by atoms with van der Waals surface area (Å²) in [6.07, 6.45) is 0.647.